The van der Waals surface area contributed by atoms with Gasteiger partial charge in [0, 0.05) is 41.7 Å². The third-order valence-corrected chi connectivity index (χ3v) is 4.17. The van der Waals surface area contributed by atoms with Crippen LogP contribution in [-0.4, -0.2) is 26.6 Å². The molecule has 0 radical (unpaired) electrons. The summed E-state index contributed by atoms with van der Waals surface area (Å²) in [6, 6.07) is 0.906. The minimum Gasteiger partial charge on any atom is -0.309 e. The summed E-state index contributed by atoms with van der Waals surface area (Å²) in [4.78, 5) is 12.6. The number of amides is 1. The van der Waals surface area contributed by atoms with Crippen molar-refractivity contribution in [2.45, 2.75) is 6.42 Å². The summed E-state index contributed by atoms with van der Waals surface area (Å²) in [5.74, 6) is -5.37. The number of benzene rings is 1. The molecule has 1 fully saturated rings. The molecule has 4 nitrogen and oxygen atoms in total. The van der Waals surface area contributed by atoms with Crippen LogP contribution in [0.3, 0.4) is 0 Å². The Morgan fingerprint density at radius 1 is 1.20 bits per heavy atom. The van der Waals surface area contributed by atoms with Crippen LogP contribution in [0.2, 0.25) is 0 Å². The summed E-state index contributed by atoms with van der Waals surface area (Å²) in [5.41, 5.74) is -0.414. The second kappa shape index (κ2) is 5.25. The molecule has 1 aromatic rings. The zero-order valence-corrected chi connectivity index (χ0v) is 11.5. The van der Waals surface area contributed by atoms with Gasteiger partial charge in [-0.15, -0.1) is 0 Å². The second-order valence-electron chi connectivity index (χ2n) is 4.50. The van der Waals surface area contributed by atoms with Crippen molar-refractivity contribution in [3.8, 4) is 0 Å². The Labute approximate surface area is 117 Å². The van der Waals surface area contributed by atoms with Gasteiger partial charge in [-0.3, -0.25) is 4.79 Å². The van der Waals surface area contributed by atoms with Crippen LogP contribution in [0.15, 0.2) is 12.1 Å². The Kier molecular flexibility index (Phi) is 3.97. The van der Waals surface area contributed by atoms with E-state index >= 15 is 0 Å². The summed E-state index contributed by atoms with van der Waals surface area (Å²) in [6.45, 7) is -0.118. The molecule has 0 aromatic heterocycles. The van der Waals surface area contributed by atoms with E-state index in [2.05, 4.69) is 0 Å². The topological polar surface area (TPSA) is 54.5 Å². The monoisotopic (exact) mass is 327 g/mol. The molecule has 0 saturated carbocycles. The van der Waals surface area contributed by atoms with E-state index in [9.17, 15) is 26.4 Å². The van der Waals surface area contributed by atoms with Gasteiger partial charge in [-0.2, -0.15) is 0 Å². The predicted octanol–water partition coefficient (Wildman–Crippen LogP) is 2.03. The largest absolute Gasteiger partial charge is 0.309 e. The molecule has 0 bridgehead atoms. The lowest BCUT2D eigenvalue weighted by molar-refractivity contribution is -0.117. The van der Waals surface area contributed by atoms with Crippen molar-refractivity contribution in [3.05, 3.63) is 29.6 Å². The molecule has 1 unspecified atom stereocenters. The summed E-state index contributed by atoms with van der Waals surface area (Å²) >= 11 is 0. The standard InChI is InChI=1S/C11H9ClF3NO3S/c12-20(18,19)5-6-1-11(17)16(4-6)10-3-8(14)7(13)2-9(10)15/h2-3,6H,1,4-5H2. The van der Waals surface area contributed by atoms with E-state index < -0.39 is 49.8 Å². The maximum atomic E-state index is 13.6. The van der Waals surface area contributed by atoms with Crippen LogP contribution < -0.4 is 4.90 Å². The van der Waals surface area contributed by atoms with Crippen LogP contribution in [0.4, 0.5) is 18.9 Å². The minimum absolute atomic E-state index is 0.118. The van der Waals surface area contributed by atoms with Crippen LogP contribution in [0.1, 0.15) is 6.42 Å². The third-order valence-electron chi connectivity index (χ3n) is 2.92. The van der Waals surface area contributed by atoms with Crippen molar-refractivity contribution < 1.29 is 26.4 Å². The quantitative estimate of drug-likeness (QED) is 0.630. The Morgan fingerprint density at radius 2 is 1.80 bits per heavy atom. The van der Waals surface area contributed by atoms with Gasteiger partial charge in [-0.05, 0) is 0 Å². The first-order valence-corrected chi connectivity index (χ1v) is 8.02. The lowest BCUT2D eigenvalue weighted by Crippen LogP contribution is -2.26. The normalized spacial score (nSPS) is 19.7. The van der Waals surface area contributed by atoms with E-state index in [1.54, 1.807) is 0 Å². The number of carbonyl (C=O) groups is 1. The van der Waals surface area contributed by atoms with Gasteiger partial charge < -0.3 is 4.90 Å². The average molecular weight is 328 g/mol. The minimum atomic E-state index is -3.80. The van der Waals surface area contributed by atoms with E-state index in [0.717, 1.165) is 4.90 Å². The maximum Gasteiger partial charge on any atom is 0.232 e. The third kappa shape index (κ3) is 3.24. The number of hydrogen-bond acceptors (Lipinski definition) is 3. The fourth-order valence-corrected chi connectivity index (χ4v) is 3.45. The molecular weight excluding hydrogens is 319 g/mol. The van der Waals surface area contributed by atoms with Crippen LogP contribution in [-0.2, 0) is 13.8 Å². The van der Waals surface area contributed by atoms with E-state index in [4.69, 9.17) is 10.7 Å². The number of rotatable bonds is 3. The van der Waals surface area contributed by atoms with Gasteiger partial charge in [0.1, 0.15) is 5.82 Å². The van der Waals surface area contributed by atoms with Crippen molar-refractivity contribution in [2.24, 2.45) is 5.92 Å². The molecule has 20 heavy (non-hydrogen) atoms. The number of anilines is 1. The van der Waals surface area contributed by atoms with E-state index in [1.165, 1.54) is 0 Å². The van der Waals surface area contributed by atoms with Crippen molar-refractivity contribution in [2.75, 3.05) is 17.2 Å². The SMILES string of the molecule is O=C1CC(CS(=O)(=O)Cl)CN1c1cc(F)c(F)cc1F. The number of hydrogen-bond donors (Lipinski definition) is 0. The van der Waals surface area contributed by atoms with E-state index in [-0.39, 0.29) is 13.0 Å². The second-order valence-corrected chi connectivity index (χ2v) is 7.32. The summed E-state index contributed by atoms with van der Waals surface area (Å²) in [5, 5.41) is 0. The van der Waals surface area contributed by atoms with Crippen molar-refractivity contribution in [1.29, 1.82) is 0 Å². The summed E-state index contributed by atoms with van der Waals surface area (Å²) in [7, 11) is 1.29. The highest BCUT2D eigenvalue weighted by atomic mass is 35.7. The molecule has 9 heteroatoms. The van der Waals surface area contributed by atoms with E-state index in [1.807, 2.05) is 0 Å². The van der Waals surface area contributed by atoms with Crippen molar-refractivity contribution >= 4 is 31.3 Å². The zero-order valence-electron chi connectivity index (χ0n) is 9.95. The number of carbonyl (C=O) groups excluding carboxylic acids is 1. The average Bonchev–Trinajstić information content (AvgIpc) is 2.62. The van der Waals surface area contributed by atoms with E-state index in [0.29, 0.717) is 12.1 Å². The lowest BCUT2D eigenvalue weighted by Gasteiger charge is -2.17. The molecular formula is C11H9ClF3NO3S. The lowest BCUT2D eigenvalue weighted by atomic mass is 10.1. The predicted molar refractivity (Wildman–Crippen MR) is 66.4 cm³/mol. The van der Waals surface area contributed by atoms with Gasteiger partial charge in [0.25, 0.3) is 0 Å². The smallest absolute Gasteiger partial charge is 0.232 e. The Hall–Kier alpha value is -1.28. The molecule has 0 N–H and O–H groups in total. The zero-order chi connectivity index (χ0) is 15.1. The molecule has 1 atom stereocenters. The highest BCUT2D eigenvalue weighted by Gasteiger charge is 2.34. The summed E-state index contributed by atoms with van der Waals surface area (Å²) < 4.78 is 61.4. The molecule has 0 spiro atoms. The first-order chi connectivity index (χ1) is 9.17. The molecule has 1 amide bonds. The van der Waals surface area contributed by atoms with Crippen LogP contribution in [0.5, 0.6) is 0 Å². The molecule has 1 aliphatic heterocycles. The molecule has 1 aromatic carbocycles. The fourth-order valence-electron chi connectivity index (χ4n) is 2.13. The Bertz CT molecular complexity index is 665. The van der Waals surface area contributed by atoms with Crippen LogP contribution >= 0.6 is 10.7 Å². The molecule has 1 aliphatic rings. The van der Waals surface area contributed by atoms with Gasteiger partial charge >= 0.3 is 0 Å². The van der Waals surface area contributed by atoms with Gasteiger partial charge in [0.15, 0.2) is 11.6 Å². The molecule has 2 rings (SSSR count). The fraction of sp³-hybridized carbons (Fsp3) is 0.364. The molecule has 1 saturated heterocycles. The molecule has 0 aliphatic carbocycles. The number of nitrogens with zero attached hydrogens (tertiary/aromatic N) is 1. The highest BCUT2D eigenvalue weighted by molar-refractivity contribution is 8.13. The van der Waals surface area contributed by atoms with Crippen LogP contribution in [0.25, 0.3) is 0 Å². The van der Waals surface area contributed by atoms with Crippen molar-refractivity contribution in [1.82, 2.24) is 0 Å². The van der Waals surface area contributed by atoms with Crippen LogP contribution in [0, 0.1) is 23.4 Å². The van der Waals surface area contributed by atoms with Crippen molar-refractivity contribution in [3.63, 3.8) is 0 Å². The number of halogens is 4. The molecule has 1 heterocycles. The van der Waals surface area contributed by atoms with Gasteiger partial charge in [0.2, 0.25) is 15.0 Å². The maximum absolute atomic E-state index is 13.6. The Balaban J connectivity index is 2.26. The molecule has 110 valence electrons. The van der Waals surface area contributed by atoms with Gasteiger partial charge in [-0.25, -0.2) is 21.6 Å². The summed E-state index contributed by atoms with van der Waals surface area (Å²) in [6.07, 6.45) is -0.148. The first kappa shape index (κ1) is 15.1. The highest BCUT2D eigenvalue weighted by Crippen LogP contribution is 2.30. The Morgan fingerprint density at radius 3 is 2.40 bits per heavy atom. The van der Waals surface area contributed by atoms with Gasteiger partial charge in [0.05, 0.1) is 11.4 Å². The van der Waals surface area contributed by atoms with Gasteiger partial charge in [-0.1, -0.05) is 0 Å². The first-order valence-electron chi connectivity index (χ1n) is 5.54.